The largest absolute Gasteiger partial charge is 0.381 e. The highest BCUT2D eigenvalue weighted by atomic mass is 127. The number of halogens is 1. The molecule has 174 valence electrons. The number of hydrogen-bond acceptors (Lipinski definition) is 4. The van der Waals surface area contributed by atoms with Gasteiger partial charge in [0.2, 0.25) is 5.91 Å². The second-order valence-electron chi connectivity index (χ2n) is 9.41. The van der Waals surface area contributed by atoms with Crippen LogP contribution in [0.15, 0.2) is 4.99 Å². The van der Waals surface area contributed by atoms with Crippen molar-refractivity contribution in [3.8, 4) is 0 Å². The van der Waals surface area contributed by atoms with Crippen molar-refractivity contribution in [3.05, 3.63) is 0 Å². The maximum absolute atomic E-state index is 12.1. The number of amides is 1. The molecule has 0 aromatic heterocycles. The molecule has 3 aliphatic rings. The number of likely N-dealkylation sites (tertiary alicyclic amines) is 1. The molecule has 30 heavy (non-hydrogen) atoms. The average molecular weight is 536 g/mol. The highest BCUT2D eigenvalue weighted by molar-refractivity contribution is 14.0. The number of guanidine groups is 1. The maximum atomic E-state index is 12.1. The Bertz CT molecular complexity index is 546. The van der Waals surface area contributed by atoms with Crippen LogP contribution in [0.5, 0.6) is 0 Å². The molecule has 0 aromatic carbocycles. The van der Waals surface area contributed by atoms with E-state index in [2.05, 4.69) is 27.4 Å². The van der Waals surface area contributed by atoms with Crippen LogP contribution >= 0.6 is 24.0 Å². The molecule has 0 bridgehead atoms. The number of aliphatic imine (C=N–C) groups is 1. The molecule has 3 rings (SSSR count). The van der Waals surface area contributed by atoms with Crippen LogP contribution in [0.2, 0.25) is 0 Å². The van der Waals surface area contributed by atoms with E-state index in [0.29, 0.717) is 23.9 Å². The molecule has 8 heteroatoms. The Kier molecular flexibility index (Phi) is 11.2. The first-order chi connectivity index (χ1) is 14.0. The second kappa shape index (κ2) is 13.1. The fraction of sp³-hybridized carbons (Fsp3) is 0.909. The van der Waals surface area contributed by atoms with Crippen LogP contribution in [0.25, 0.3) is 0 Å². The quantitative estimate of drug-likeness (QED) is 0.311. The number of carbonyl (C=O) groups excluding carboxylic acids is 1. The van der Waals surface area contributed by atoms with Gasteiger partial charge in [-0.15, -0.1) is 24.0 Å². The van der Waals surface area contributed by atoms with Crippen molar-refractivity contribution < 1.29 is 9.53 Å². The molecule has 3 unspecified atom stereocenters. The van der Waals surface area contributed by atoms with Gasteiger partial charge in [-0.2, -0.15) is 0 Å². The molecule has 3 atom stereocenters. The Labute approximate surface area is 199 Å². The Balaban J connectivity index is 0.00000320. The number of carbonyl (C=O) groups is 1. The topological polar surface area (TPSA) is 69.2 Å². The minimum absolute atomic E-state index is 0. The lowest BCUT2D eigenvalue weighted by molar-refractivity contribution is -0.127. The van der Waals surface area contributed by atoms with E-state index in [1.54, 1.807) is 19.0 Å². The van der Waals surface area contributed by atoms with Gasteiger partial charge in [0.05, 0.1) is 6.61 Å². The fourth-order valence-electron chi connectivity index (χ4n) is 4.67. The van der Waals surface area contributed by atoms with Crippen molar-refractivity contribution >= 4 is 35.8 Å². The lowest BCUT2D eigenvalue weighted by atomic mass is 9.86. The van der Waals surface area contributed by atoms with E-state index in [4.69, 9.17) is 4.74 Å². The number of rotatable bonds is 6. The number of ether oxygens (including phenoxy) is 1. The second-order valence-corrected chi connectivity index (χ2v) is 9.41. The Morgan fingerprint density at radius 1 is 1.10 bits per heavy atom. The summed E-state index contributed by atoms with van der Waals surface area (Å²) in [5, 5.41) is 7.30. The van der Waals surface area contributed by atoms with Gasteiger partial charge in [-0.05, 0) is 43.9 Å². The smallest absolute Gasteiger partial charge is 0.243 e. The van der Waals surface area contributed by atoms with E-state index >= 15 is 0 Å². The first-order valence-electron chi connectivity index (χ1n) is 11.6. The van der Waals surface area contributed by atoms with Crippen molar-refractivity contribution in [2.45, 2.75) is 64.0 Å². The molecule has 7 nitrogen and oxygen atoms in total. The van der Waals surface area contributed by atoms with Crippen LogP contribution < -0.4 is 10.6 Å². The van der Waals surface area contributed by atoms with E-state index in [-0.39, 0.29) is 36.4 Å². The van der Waals surface area contributed by atoms with Crippen LogP contribution in [0.4, 0.5) is 0 Å². The molecular formula is C22H42IN5O2. The zero-order valence-corrected chi connectivity index (χ0v) is 21.4. The highest BCUT2D eigenvalue weighted by Crippen LogP contribution is 2.24. The summed E-state index contributed by atoms with van der Waals surface area (Å²) in [5.41, 5.74) is 0. The number of hydrogen-bond donors (Lipinski definition) is 2. The minimum Gasteiger partial charge on any atom is -0.381 e. The van der Waals surface area contributed by atoms with E-state index in [9.17, 15) is 4.79 Å². The average Bonchev–Trinajstić information content (AvgIpc) is 3.22. The van der Waals surface area contributed by atoms with Crippen LogP contribution in [0, 0.1) is 11.8 Å². The van der Waals surface area contributed by atoms with Gasteiger partial charge in [-0.3, -0.25) is 4.79 Å². The molecule has 0 spiro atoms. The summed E-state index contributed by atoms with van der Waals surface area (Å²) in [4.78, 5) is 20.9. The number of nitrogens with one attached hydrogen (secondary N) is 2. The molecule has 1 aliphatic carbocycles. The van der Waals surface area contributed by atoms with Gasteiger partial charge in [0, 0.05) is 52.4 Å². The summed E-state index contributed by atoms with van der Waals surface area (Å²) in [7, 11) is 3.57. The minimum atomic E-state index is 0. The standard InChI is InChI=1S/C22H41N5O2.HI/c1-17-6-4-5-7-20(17)25-22(23-14-21(28)26(2)3)24-19-8-11-27(12-9-19)15-18-10-13-29-16-18;/h17-20H,4-16H2,1-3H3,(H2,23,24,25);1H. The van der Waals surface area contributed by atoms with Gasteiger partial charge in [0.25, 0.3) is 0 Å². The van der Waals surface area contributed by atoms with Crippen molar-refractivity contribution in [2.24, 2.45) is 16.8 Å². The van der Waals surface area contributed by atoms with Gasteiger partial charge in [0.15, 0.2) is 5.96 Å². The summed E-state index contributed by atoms with van der Waals surface area (Å²) in [6.45, 7) is 7.80. The Morgan fingerprint density at radius 3 is 2.47 bits per heavy atom. The third kappa shape index (κ3) is 8.15. The lowest BCUT2D eigenvalue weighted by Crippen LogP contribution is -2.53. The Morgan fingerprint density at radius 2 is 1.83 bits per heavy atom. The van der Waals surface area contributed by atoms with Crippen molar-refractivity contribution in [1.82, 2.24) is 20.4 Å². The zero-order chi connectivity index (χ0) is 20.6. The maximum Gasteiger partial charge on any atom is 0.243 e. The van der Waals surface area contributed by atoms with Gasteiger partial charge >= 0.3 is 0 Å². The van der Waals surface area contributed by atoms with Crippen LogP contribution in [0.1, 0.15) is 51.9 Å². The number of piperidine rings is 1. The molecule has 2 aliphatic heterocycles. The van der Waals surface area contributed by atoms with E-state index in [0.717, 1.165) is 45.1 Å². The number of nitrogens with zero attached hydrogens (tertiary/aromatic N) is 3. The van der Waals surface area contributed by atoms with E-state index < -0.39 is 0 Å². The zero-order valence-electron chi connectivity index (χ0n) is 19.1. The predicted molar refractivity (Wildman–Crippen MR) is 132 cm³/mol. The summed E-state index contributed by atoms with van der Waals surface area (Å²) in [6.07, 6.45) is 8.50. The van der Waals surface area contributed by atoms with Crippen molar-refractivity contribution in [1.29, 1.82) is 0 Å². The molecular weight excluding hydrogens is 493 g/mol. The Hall–Kier alpha value is -0.610. The van der Waals surface area contributed by atoms with E-state index in [1.165, 1.54) is 38.6 Å². The summed E-state index contributed by atoms with van der Waals surface area (Å²) in [6, 6.07) is 0.873. The SMILES string of the molecule is CC1CCCCC1NC(=NCC(=O)N(C)C)NC1CCN(CC2CCOC2)CC1.I. The van der Waals surface area contributed by atoms with Crippen LogP contribution in [-0.2, 0) is 9.53 Å². The van der Waals surface area contributed by atoms with Crippen molar-refractivity contribution in [2.75, 3.05) is 53.5 Å². The molecule has 3 fully saturated rings. The van der Waals surface area contributed by atoms with Crippen molar-refractivity contribution in [3.63, 3.8) is 0 Å². The monoisotopic (exact) mass is 535 g/mol. The summed E-state index contributed by atoms with van der Waals surface area (Å²) in [5.74, 6) is 2.22. The normalized spacial score (nSPS) is 28.6. The third-order valence-corrected chi connectivity index (χ3v) is 6.77. The highest BCUT2D eigenvalue weighted by Gasteiger charge is 2.26. The molecule has 2 heterocycles. The molecule has 2 N–H and O–H groups in total. The van der Waals surface area contributed by atoms with Gasteiger partial charge in [-0.25, -0.2) is 4.99 Å². The van der Waals surface area contributed by atoms with Gasteiger partial charge in [-0.1, -0.05) is 19.8 Å². The van der Waals surface area contributed by atoms with Crippen LogP contribution in [0.3, 0.4) is 0 Å². The van der Waals surface area contributed by atoms with Gasteiger partial charge < -0.3 is 25.2 Å². The molecule has 2 saturated heterocycles. The first-order valence-corrected chi connectivity index (χ1v) is 11.6. The summed E-state index contributed by atoms with van der Waals surface area (Å²) < 4.78 is 5.52. The van der Waals surface area contributed by atoms with Crippen LogP contribution in [-0.4, -0.2) is 87.2 Å². The third-order valence-electron chi connectivity index (χ3n) is 6.77. The molecule has 0 aromatic rings. The van der Waals surface area contributed by atoms with E-state index in [1.807, 2.05) is 0 Å². The number of likely N-dealkylation sites (N-methyl/N-ethyl adjacent to an activating group) is 1. The fourth-order valence-corrected chi connectivity index (χ4v) is 4.67. The molecule has 0 radical (unpaired) electrons. The predicted octanol–water partition coefficient (Wildman–Crippen LogP) is 2.31. The first kappa shape index (κ1) is 25.6. The molecule has 1 saturated carbocycles. The lowest BCUT2D eigenvalue weighted by Gasteiger charge is -2.36. The summed E-state index contributed by atoms with van der Waals surface area (Å²) >= 11 is 0. The van der Waals surface area contributed by atoms with Gasteiger partial charge in [0.1, 0.15) is 6.54 Å². The molecule has 1 amide bonds.